The molecule has 1 unspecified atom stereocenters. The number of carbonyl (C=O) groups is 1. The van der Waals surface area contributed by atoms with E-state index in [9.17, 15) is 4.79 Å². The molecule has 3 aromatic carbocycles. The lowest BCUT2D eigenvalue weighted by Crippen LogP contribution is -2.45. The predicted molar refractivity (Wildman–Crippen MR) is 99.9 cm³/mol. The molecular formula is C21H20N2O2. The van der Waals surface area contributed by atoms with Gasteiger partial charge in [-0.1, -0.05) is 54.6 Å². The van der Waals surface area contributed by atoms with E-state index < -0.39 is 6.10 Å². The average molecular weight is 332 g/mol. The molecule has 0 radical (unpaired) electrons. The summed E-state index contributed by atoms with van der Waals surface area (Å²) in [7, 11) is 0. The number of carbonyl (C=O) groups excluding carboxylic acids is 1. The Labute approximate surface area is 146 Å². The van der Waals surface area contributed by atoms with Gasteiger partial charge >= 0.3 is 0 Å². The van der Waals surface area contributed by atoms with Crippen LogP contribution in [0.3, 0.4) is 0 Å². The number of ether oxygens (including phenoxy) is 1. The van der Waals surface area contributed by atoms with Crippen LogP contribution >= 0.6 is 0 Å². The molecule has 1 aliphatic rings. The molecule has 1 amide bonds. The van der Waals surface area contributed by atoms with Crippen molar-refractivity contribution in [3.8, 4) is 5.75 Å². The summed E-state index contributed by atoms with van der Waals surface area (Å²) in [5.74, 6) is 0.606. The second-order valence-electron chi connectivity index (χ2n) is 6.28. The molecule has 0 saturated heterocycles. The summed E-state index contributed by atoms with van der Waals surface area (Å²) >= 11 is 0. The van der Waals surface area contributed by atoms with Gasteiger partial charge in [-0.3, -0.25) is 4.79 Å². The number of para-hydroxylation sites is 2. The predicted octanol–water partition coefficient (Wildman–Crippen LogP) is 3.89. The van der Waals surface area contributed by atoms with Crippen molar-refractivity contribution < 1.29 is 9.53 Å². The molecule has 0 spiro atoms. The molecular weight excluding hydrogens is 312 g/mol. The molecule has 4 heteroatoms. The number of benzene rings is 3. The van der Waals surface area contributed by atoms with Gasteiger partial charge in [0.25, 0.3) is 5.91 Å². The van der Waals surface area contributed by atoms with Gasteiger partial charge in [0, 0.05) is 0 Å². The summed E-state index contributed by atoms with van der Waals surface area (Å²) in [6.45, 7) is 2.47. The smallest absolute Gasteiger partial charge is 0.263 e. The number of nitrogens with one attached hydrogen (secondary N) is 2. The van der Waals surface area contributed by atoms with E-state index in [1.165, 1.54) is 5.39 Å². The molecule has 0 aromatic heterocycles. The third-order valence-electron chi connectivity index (χ3n) is 4.58. The maximum Gasteiger partial charge on any atom is 0.263 e. The van der Waals surface area contributed by atoms with Crippen LogP contribution in [-0.2, 0) is 4.79 Å². The van der Waals surface area contributed by atoms with E-state index in [1.807, 2.05) is 49.4 Å². The average Bonchev–Trinajstić information content (AvgIpc) is 2.67. The van der Waals surface area contributed by atoms with Crippen molar-refractivity contribution in [2.24, 2.45) is 0 Å². The number of hydrogen-bond acceptors (Lipinski definition) is 3. The fraction of sp³-hybridized carbons (Fsp3) is 0.190. The van der Waals surface area contributed by atoms with E-state index in [4.69, 9.17) is 4.74 Å². The summed E-state index contributed by atoms with van der Waals surface area (Å²) in [4.78, 5) is 12.7. The second kappa shape index (κ2) is 6.48. The van der Waals surface area contributed by atoms with E-state index >= 15 is 0 Å². The lowest BCUT2D eigenvalue weighted by atomic mass is 9.99. The van der Waals surface area contributed by atoms with Crippen molar-refractivity contribution in [3.63, 3.8) is 0 Å². The van der Waals surface area contributed by atoms with Gasteiger partial charge in [-0.25, -0.2) is 0 Å². The van der Waals surface area contributed by atoms with Crippen LogP contribution in [0.5, 0.6) is 5.75 Å². The summed E-state index contributed by atoms with van der Waals surface area (Å²) in [5, 5.41) is 8.67. The van der Waals surface area contributed by atoms with E-state index in [0.29, 0.717) is 12.3 Å². The van der Waals surface area contributed by atoms with Crippen molar-refractivity contribution in [1.82, 2.24) is 5.32 Å². The highest BCUT2D eigenvalue weighted by atomic mass is 16.5. The van der Waals surface area contributed by atoms with Gasteiger partial charge in [0.1, 0.15) is 5.75 Å². The third-order valence-corrected chi connectivity index (χ3v) is 4.58. The van der Waals surface area contributed by atoms with Crippen LogP contribution < -0.4 is 15.4 Å². The molecule has 3 aromatic rings. The standard InChI is InChI=1S/C21H20N2O2/c1-14(16-10-6-8-15-7-2-3-9-17(15)16)23-21(24)20-13-22-18-11-4-5-12-19(18)25-20/h2-12,14,20,22H,13H2,1H3,(H,23,24)/t14-,20?/m1/s1. The zero-order valence-electron chi connectivity index (χ0n) is 14.0. The minimum Gasteiger partial charge on any atom is -0.477 e. The Morgan fingerprint density at radius 1 is 1.08 bits per heavy atom. The highest BCUT2D eigenvalue weighted by molar-refractivity contribution is 5.88. The first-order chi connectivity index (χ1) is 12.2. The SMILES string of the molecule is C[C@@H](NC(=O)C1CNc2ccccc2O1)c1cccc2ccccc12. The molecule has 4 nitrogen and oxygen atoms in total. The molecule has 1 aliphatic heterocycles. The van der Waals surface area contributed by atoms with Crippen molar-refractivity contribution in [3.05, 3.63) is 72.3 Å². The minimum absolute atomic E-state index is 0.0978. The quantitative estimate of drug-likeness (QED) is 0.765. The van der Waals surface area contributed by atoms with Gasteiger partial charge in [0.2, 0.25) is 0 Å². The number of hydrogen-bond donors (Lipinski definition) is 2. The van der Waals surface area contributed by atoms with Crippen molar-refractivity contribution in [2.75, 3.05) is 11.9 Å². The van der Waals surface area contributed by atoms with Crippen LogP contribution in [0.2, 0.25) is 0 Å². The zero-order chi connectivity index (χ0) is 17.2. The van der Waals surface area contributed by atoms with Crippen molar-refractivity contribution in [2.45, 2.75) is 19.1 Å². The van der Waals surface area contributed by atoms with Gasteiger partial charge in [0.15, 0.2) is 6.10 Å². The third kappa shape index (κ3) is 3.03. The Balaban J connectivity index is 1.51. The number of fused-ring (bicyclic) bond motifs is 2. The molecule has 2 atom stereocenters. The summed E-state index contributed by atoms with van der Waals surface area (Å²) in [6.07, 6.45) is -0.535. The highest BCUT2D eigenvalue weighted by Gasteiger charge is 2.27. The largest absolute Gasteiger partial charge is 0.477 e. The molecule has 4 rings (SSSR count). The molecule has 1 heterocycles. The minimum atomic E-state index is -0.535. The van der Waals surface area contributed by atoms with Gasteiger partial charge in [-0.2, -0.15) is 0 Å². The van der Waals surface area contributed by atoms with E-state index in [0.717, 1.165) is 16.6 Å². The fourth-order valence-corrected chi connectivity index (χ4v) is 3.27. The van der Waals surface area contributed by atoms with Crippen molar-refractivity contribution in [1.29, 1.82) is 0 Å². The Morgan fingerprint density at radius 2 is 1.84 bits per heavy atom. The molecule has 0 fully saturated rings. The van der Waals surface area contributed by atoms with Gasteiger partial charge in [-0.15, -0.1) is 0 Å². The molecule has 2 N–H and O–H groups in total. The van der Waals surface area contributed by atoms with Crippen LogP contribution in [0.1, 0.15) is 18.5 Å². The number of anilines is 1. The summed E-state index contributed by atoms with van der Waals surface area (Å²) < 4.78 is 5.84. The molecule has 25 heavy (non-hydrogen) atoms. The topological polar surface area (TPSA) is 50.4 Å². The zero-order valence-corrected chi connectivity index (χ0v) is 14.0. The Hall–Kier alpha value is -3.01. The maximum absolute atomic E-state index is 12.7. The summed E-state index contributed by atoms with van der Waals surface area (Å²) in [6, 6.07) is 21.9. The molecule has 0 bridgehead atoms. The van der Waals surface area contributed by atoms with E-state index in [1.54, 1.807) is 0 Å². The highest BCUT2D eigenvalue weighted by Crippen LogP contribution is 2.29. The Bertz CT molecular complexity index is 917. The number of rotatable bonds is 3. The van der Waals surface area contributed by atoms with Crippen LogP contribution in [0.25, 0.3) is 10.8 Å². The monoisotopic (exact) mass is 332 g/mol. The Morgan fingerprint density at radius 3 is 2.76 bits per heavy atom. The lowest BCUT2D eigenvalue weighted by Gasteiger charge is -2.27. The normalized spacial score (nSPS) is 17.1. The van der Waals surface area contributed by atoms with E-state index in [-0.39, 0.29) is 11.9 Å². The van der Waals surface area contributed by atoms with Gasteiger partial charge in [0.05, 0.1) is 18.3 Å². The first-order valence-corrected chi connectivity index (χ1v) is 8.50. The fourth-order valence-electron chi connectivity index (χ4n) is 3.27. The van der Waals surface area contributed by atoms with Gasteiger partial charge < -0.3 is 15.4 Å². The number of amides is 1. The van der Waals surface area contributed by atoms with Crippen LogP contribution in [0, 0.1) is 0 Å². The summed E-state index contributed by atoms with van der Waals surface area (Å²) in [5.41, 5.74) is 2.03. The van der Waals surface area contributed by atoms with Gasteiger partial charge in [-0.05, 0) is 35.4 Å². The van der Waals surface area contributed by atoms with Crippen molar-refractivity contribution >= 4 is 22.4 Å². The molecule has 0 aliphatic carbocycles. The Kier molecular flexibility index (Phi) is 4.02. The maximum atomic E-state index is 12.7. The second-order valence-corrected chi connectivity index (χ2v) is 6.28. The molecule has 126 valence electrons. The van der Waals surface area contributed by atoms with Crippen LogP contribution in [-0.4, -0.2) is 18.6 Å². The molecule has 0 saturated carbocycles. The van der Waals surface area contributed by atoms with E-state index in [2.05, 4.69) is 34.9 Å². The van der Waals surface area contributed by atoms with Crippen LogP contribution in [0.15, 0.2) is 66.7 Å². The lowest BCUT2D eigenvalue weighted by molar-refractivity contribution is -0.128. The first kappa shape index (κ1) is 15.5. The van der Waals surface area contributed by atoms with Crippen LogP contribution in [0.4, 0.5) is 5.69 Å². The first-order valence-electron chi connectivity index (χ1n) is 8.50.